The van der Waals surface area contributed by atoms with Crippen LogP contribution in [0.15, 0.2) is 82.9 Å². The second kappa shape index (κ2) is 12.3. The molecule has 4 rings (SSSR count). The number of aldehydes is 1. The van der Waals surface area contributed by atoms with Crippen LogP contribution < -0.4 is 16.2 Å². The van der Waals surface area contributed by atoms with Crippen LogP contribution in [-0.4, -0.2) is 17.2 Å². The highest BCUT2D eigenvalue weighted by molar-refractivity contribution is 5.89. The second-order valence-electron chi connectivity index (χ2n) is 9.86. The zero-order chi connectivity index (χ0) is 27.9. The molecule has 0 aliphatic rings. The fourth-order valence-corrected chi connectivity index (χ4v) is 4.88. The van der Waals surface area contributed by atoms with Crippen molar-refractivity contribution in [3.63, 3.8) is 0 Å². The van der Waals surface area contributed by atoms with E-state index in [0.29, 0.717) is 23.2 Å². The van der Waals surface area contributed by atoms with Gasteiger partial charge in [-0.15, -0.1) is 4.91 Å². The maximum atomic E-state index is 13.7. The molecule has 3 atom stereocenters. The van der Waals surface area contributed by atoms with Gasteiger partial charge in [0, 0.05) is 23.7 Å². The molecule has 4 aromatic rings. The molecule has 8 heteroatoms. The van der Waals surface area contributed by atoms with Crippen LogP contribution in [-0.2, 0) is 9.59 Å². The van der Waals surface area contributed by atoms with Crippen LogP contribution in [0.2, 0.25) is 0 Å². The predicted octanol–water partition coefficient (Wildman–Crippen LogP) is 6.35. The molecule has 0 aliphatic heterocycles. The number of amides is 1. The fourth-order valence-electron chi connectivity index (χ4n) is 4.88. The lowest BCUT2D eigenvalue weighted by molar-refractivity contribution is -0.122. The van der Waals surface area contributed by atoms with Crippen LogP contribution in [0, 0.1) is 11.8 Å². The Balaban J connectivity index is 1.67. The van der Waals surface area contributed by atoms with Gasteiger partial charge < -0.3 is 20.4 Å². The Morgan fingerprint density at radius 3 is 2.59 bits per heavy atom. The van der Waals surface area contributed by atoms with E-state index in [0.717, 1.165) is 40.3 Å². The Bertz CT molecular complexity index is 1560. The van der Waals surface area contributed by atoms with Crippen molar-refractivity contribution in [2.75, 3.05) is 5.32 Å². The number of hydrogen-bond donors (Lipinski definition) is 3. The number of carbonyl (C=O) groups excluding carboxylic acids is 2. The molecular weight excluding hydrogens is 492 g/mol. The van der Waals surface area contributed by atoms with Crippen molar-refractivity contribution in [2.24, 2.45) is 5.18 Å². The highest BCUT2D eigenvalue weighted by Crippen LogP contribution is 2.29. The number of pyridine rings is 1. The first-order valence-corrected chi connectivity index (χ1v) is 13.0. The first-order chi connectivity index (χ1) is 18.8. The highest BCUT2D eigenvalue weighted by Gasteiger charge is 2.24. The summed E-state index contributed by atoms with van der Waals surface area (Å²) >= 11 is 0. The number of H-pyrrole nitrogens is 1. The molecule has 200 valence electrons. The van der Waals surface area contributed by atoms with Gasteiger partial charge >= 0.3 is 0 Å². The van der Waals surface area contributed by atoms with Gasteiger partial charge in [-0.1, -0.05) is 43.3 Å². The molecule has 1 unspecified atom stereocenters. The van der Waals surface area contributed by atoms with Crippen LogP contribution >= 0.6 is 0 Å². The SMILES string of the molecule is Cc1cc(C(Nc2ccc3cc[nH]c(=O)c3c2)C(=O)N[C@H](C)c2cccc(N=O)c2)ccc1[C@@H](C)CCC=O. The van der Waals surface area contributed by atoms with Crippen molar-refractivity contribution in [1.29, 1.82) is 0 Å². The van der Waals surface area contributed by atoms with E-state index in [4.69, 9.17) is 0 Å². The Morgan fingerprint density at radius 2 is 1.85 bits per heavy atom. The maximum Gasteiger partial charge on any atom is 0.255 e. The van der Waals surface area contributed by atoms with Crippen molar-refractivity contribution in [3.8, 4) is 0 Å². The standard InChI is InChI=1S/C31H32N4O4/c1-19(6-5-15-36)27-12-10-24(16-20(27)2)29(31(38)33-21(3)23-7-4-8-26(17-23)35-39)34-25-11-9-22-13-14-32-30(37)28(22)18-25/h4,7-19,21,29,34H,5-6H2,1-3H3,(H,32,37)(H,33,38)/t19-,21+,29?/m0/s1. The maximum absolute atomic E-state index is 13.7. The predicted molar refractivity (Wildman–Crippen MR) is 154 cm³/mol. The summed E-state index contributed by atoms with van der Waals surface area (Å²) in [5.41, 5.74) is 4.38. The van der Waals surface area contributed by atoms with Crippen molar-refractivity contribution in [1.82, 2.24) is 10.3 Å². The number of aromatic amines is 1. The third kappa shape index (κ3) is 6.46. The van der Waals surface area contributed by atoms with E-state index in [9.17, 15) is 19.3 Å². The van der Waals surface area contributed by atoms with Crippen LogP contribution in [0.4, 0.5) is 11.4 Å². The summed E-state index contributed by atoms with van der Waals surface area (Å²) in [4.78, 5) is 50.6. The largest absolute Gasteiger partial charge is 0.370 e. The van der Waals surface area contributed by atoms with Crippen LogP contribution in [0.25, 0.3) is 10.8 Å². The number of nitrogens with one attached hydrogen (secondary N) is 3. The van der Waals surface area contributed by atoms with Crippen LogP contribution in [0.3, 0.4) is 0 Å². The van der Waals surface area contributed by atoms with E-state index in [-0.39, 0.29) is 23.4 Å². The highest BCUT2D eigenvalue weighted by atomic mass is 16.3. The second-order valence-corrected chi connectivity index (χ2v) is 9.86. The topological polar surface area (TPSA) is 120 Å². The van der Waals surface area contributed by atoms with E-state index in [1.807, 2.05) is 56.3 Å². The minimum Gasteiger partial charge on any atom is -0.370 e. The van der Waals surface area contributed by atoms with Gasteiger partial charge in [0.05, 0.1) is 6.04 Å². The molecule has 3 N–H and O–H groups in total. The summed E-state index contributed by atoms with van der Waals surface area (Å²) in [7, 11) is 0. The number of nitroso groups, excluding NO2 is 1. The van der Waals surface area contributed by atoms with Gasteiger partial charge in [0.25, 0.3) is 5.56 Å². The lowest BCUT2D eigenvalue weighted by atomic mass is 9.90. The smallest absolute Gasteiger partial charge is 0.255 e. The first-order valence-electron chi connectivity index (χ1n) is 13.0. The average molecular weight is 525 g/mol. The first kappa shape index (κ1) is 27.4. The Labute approximate surface area is 226 Å². The van der Waals surface area contributed by atoms with Gasteiger partial charge in [0.2, 0.25) is 5.91 Å². The molecule has 0 radical (unpaired) electrons. The Morgan fingerprint density at radius 1 is 1.03 bits per heavy atom. The number of benzene rings is 3. The van der Waals surface area contributed by atoms with E-state index in [2.05, 4.69) is 27.7 Å². The van der Waals surface area contributed by atoms with E-state index >= 15 is 0 Å². The molecule has 0 spiro atoms. The molecule has 0 saturated heterocycles. The zero-order valence-electron chi connectivity index (χ0n) is 22.2. The molecule has 3 aromatic carbocycles. The van der Waals surface area contributed by atoms with Gasteiger partial charge in [-0.3, -0.25) is 9.59 Å². The summed E-state index contributed by atoms with van der Waals surface area (Å²) in [5.74, 6) is -0.0642. The van der Waals surface area contributed by atoms with Crippen molar-refractivity contribution < 1.29 is 9.59 Å². The summed E-state index contributed by atoms with van der Waals surface area (Å²) in [6, 6.07) is 18.8. The molecule has 0 fully saturated rings. The minimum absolute atomic E-state index is 0.204. The molecule has 0 saturated carbocycles. The Kier molecular flexibility index (Phi) is 8.66. The molecular formula is C31H32N4O4. The van der Waals surface area contributed by atoms with Crippen molar-refractivity contribution >= 4 is 34.3 Å². The lowest BCUT2D eigenvalue weighted by Gasteiger charge is -2.24. The molecule has 8 nitrogen and oxygen atoms in total. The van der Waals surface area contributed by atoms with Gasteiger partial charge in [0.15, 0.2) is 0 Å². The molecule has 39 heavy (non-hydrogen) atoms. The summed E-state index contributed by atoms with van der Waals surface area (Å²) in [5, 5.41) is 10.7. The van der Waals surface area contributed by atoms with Gasteiger partial charge in [-0.05, 0) is 89.3 Å². The Hall–Kier alpha value is -4.59. The van der Waals surface area contributed by atoms with Gasteiger partial charge in [0.1, 0.15) is 18.0 Å². The number of anilines is 1. The average Bonchev–Trinajstić information content (AvgIpc) is 2.94. The van der Waals surface area contributed by atoms with E-state index in [1.54, 1.807) is 30.5 Å². The molecule has 1 aromatic heterocycles. The number of hydrogen-bond acceptors (Lipinski definition) is 6. The summed E-state index contributed by atoms with van der Waals surface area (Å²) < 4.78 is 0. The number of aromatic nitrogens is 1. The molecule has 0 aliphatic carbocycles. The minimum atomic E-state index is -0.766. The summed E-state index contributed by atoms with van der Waals surface area (Å²) in [6.45, 7) is 5.93. The van der Waals surface area contributed by atoms with E-state index < -0.39 is 6.04 Å². The number of nitrogens with zero attached hydrogens (tertiary/aromatic N) is 1. The zero-order valence-corrected chi connectivity index (χ0v) is 22.2. The number of aryl methyl sites for hydroxylation is 1. The van der Waals surface area contributed by atoms with Crippen molar-refractivity contribution in [3.05, 3.63) is 110 Å². The van der Waals surface area contributed by atoms with Crippen molar-refractivity contribution in [2.45, 2.75) is 51.6 Å². The number of carbonyl (C=O) groups is 2. The lowest BCUT2D eigenvalue weighted by Crippen LogP contribution is -2.35. The molecule has 0 bridgehead atoms. The van der Waals surface area contributed by atoms with E-state index in [1.165, 1.54) is 0 Å². The normalized spacial score (nSPS) is 13.3. The fraction of sp³-hybridized carbons (Fsp3) is 0.258. The third-order valence-corrected chi connectivity index (χ3v) is 7.06. The van der Waals surface area contributed by atoms with Crippen LogP contribution in [0.1, 0.15) is 66.9 Å². The third-order valence-electron chi connectivity index (χ3n) is 7.06. The van der Waals surface area contributed by atoms with Crippen LogP contribution in [0.5, 0.6) is 0 Å². The molecule has 1 amide bonds. The quantitative estimate of drug-likeness (QED) is 0.156. The van der Waals surface area contributed by atoms with Gasteiger partial charge in [-0.2, -0.15) is 0 Å². The summed E-state index contributed by atoms with van der Waals surface area (Å²) in [6.07, 6.45) is 3.78. The monoisotopic (exact) mass is 524 g/mol. The molecule has 1 heterocycles. The number of rotatable bonds is 11. The van der Waals surface area contributed by atoms with Gasteiger partial charge in [-0.25, -0.2) is 0 Å². The number of fused-ring (bicyclic) bond motifs is 1.